The van der Waals surface area contributed by atoms with Crippen molar-refractivity contribution in [3.63, 3.8) is 0 Å². The third-order valence-corrected chi connectivity index (χ3v) is 3.24. The van der Waals surface area contributed by atoms with Crippen molar-refractivity contribution < 1.29 is 19.4 Å². The predicted octanol–water partition coefficient (Wildman–Crippen LogP) is -1.05. The standard InChI is InChI=1S/C8H14N2O4S/c1-14-6(2-9)7(11)10-4-15-3-5(10)8(12)13/h5-6H,2-4,9H2,1H3,(H,12,13)/t5-,6?/m0/s1. The normalized spacial score (nSPS) is 22.8. The number of amides is 1. The zero-order chi connectivity index (χ0) is 11.4. The van der Waals surface area contributed by atoms with Crippen LogP contribution in [0.2, 0.25) is 0 Å². The first kappa shape index (κ1) is 12.3. The van der Waals surface area contributed by atoms with Crippen LogP contribution in [0.15, 0.2) is 0 Å². The summed E-state index contributed by atoms with van der Waals surface area (Å²) in [6.45, 7) is 0.0584. The third-order valence-electron chi connectivity index (χ3n) is 2.22. The second-order valence-electron chi connectivity index (χ2n) is 3.12. The van der Waals surface area contributed by atoms with Gasteiger partial charge in [0.1, 0.15) is 12.1 Å². The summed E-state index contributed by atoms with van der Waals surface area (Å²) < 4.78 is 4.88. The summed E-state index contributed by atoms with van der Waals surface area (Å²) in [6.07, 6.45) is -0.745. The van der Waals surface area contributed by atoms with Gasteiger partial charge < -0.3 is 20.5 Å². The lowest BCUT2D eigenvalue weighted by Gasteiger charge is -2.24. The number of carboxylic acid groups (broad SMARTS) is 1. The molecular formula is C8H14N2O4S. The summed E-state index contributed by atoms with van der Waals surface area (Å²) in [5, 5.41) is 8.88. The van der Waals surface area contributed by atoms with E-state index in [9.17, 15) is 9.59 Å². The van der Waals surface area contributed by atoms with Crippen molar-refractivity contribution in [3.8, 4) is 0 Å². The van der Waals surface area contributed by atoms with Gasteiger partial charge in [0.15, 0.2) is 0 Å². The smallest absolute Gasteiger partial charge is 0.327 e. The predicted molar refractivity (Wildman–Crippen MR) is 55.4 cm³/mol. The van der Waals surface area contributed by atoms with E-state index in [0.717, 1.165) is 0 Å². The molecule has 7 heteroatoms. The Balaban J connectivity index is 2.69. The van der Waals surface area contributed by atoms with E-state index in [1.807, 2.05) is 0 Å². The summed E-state index contributed by atoms with van der Waals surface area (Å²) in [5.41, 5.74) is 5.35. The van der Waals surface area contributed by atoms with Crippen LogP contribution in [0.4, 0.5) is 0 Å². The van der Waals surface area contributed by atoms with Crippen molar-refractivity contribution in [3.05, 3.63) is 0 Å². The number of carboxylic acids is 1. The zero-order valence-electron chi connectivity index (χ0n) is 8.38. The minimum absolute atomic E-state index is 0.0584. The summed E-state index contributed by atoms with van der Waals surface area (Å²) in [6, 6.07) is -0.758. The van der Waals surface area contributed by atoms with Crippen LogP contribution in [0.5, 0.6) is 0 Å². The maximum absolute atomic E-state index is 11.8. The highest BCUT2D eigenvalue weighted by Gasteiger charge is 2.37. The van der Waals surface area contributed by atoms with Crippen LogP contribution in [-0.4, -0.2) is 59.3 Å². The summed E-state index contributed by atoms with van der Waals surface area (Å²) in [5.74, 6) is -0.532. The largest absolute Gasteiger partial charge is 0.480 e. The first-order valence-electron chi connectivity index (χ1n) is 4.45. The molecule has 1 aliphatic heterocycles. The Bertz CT molecular complexity index is 257. The fourth-order valence-electron chi connectivity index (χ4n) is 1.35. The van der Waals surface area contributed by atoms with Gasteiger partial charge in [-0.3, -0.25) is 4.79 Å². The second kappa shape index (κ2) is 5.34. The van der Waals surface area contributed by atoms with Crippen molar-refractivity contribution in [2.45, 2.75) is 12.1 Å². The first-order chi connectivity index (χ1) is 7.11. The molecule has 0 radical (unpaired) electrons. The fourth-order valence-corrected chi connectivity index (χ4v) is 2.50. The molecule has 1 amide bonds. The number of thioether (sulfide) groups is 1. The Kier molecular flexibility index (Phi) is 4.37. The minimum Gasteiger partial charge on any atom is -0.480 e. The molecule has 0 aromatic carbocycles. The van der Waals surface area contributed by atoms with Crippen LogP contribution < -0.4 is 5.73 Å². The Labute approximate surface area is 91.7 Å². The van der Waals surface area contributed by atoms with E-state index in [2.05, 4.69) is 0 Å². The summed E-state index contributed by atoms with van der Waals surface area (Å²) in [7, 11) is 1.38. The molecule has 2 atom stereocenters. The molecule has 0 saturated carbocycles. The number of hydrogen-bond acceptors (Lipinski definition) is 5. The van der Waals surface area contributed by atoms with Crippen LogP contribution in [0.3, 0.4) is 0 Å². The molecule has 0 aromatic heterocycles. The molecule has 1 heterocycles. The number of ether oxygens (including phenoxy) is 1. The minimum atomic E-state index is -0.986. The van der Waals surface area contributed by atoms with E-state index in [4.69, 9.17) is 15.6 Å². The van der Waals surface area contributed by atoms with Crippen LogP contribution in [0, 0.1) is 0 Å². The van der Waals surface area contributed by atoms with Gasteiger partial charge in [-0.15, -0.1) is 11.8 Å². The van der Waals surface area contributed by atoms with Gasteiger partial charge in [-0.05, 0) is 0 Å². The molecule has 1 fully saturated rings. The van der Waals surface area contributed by atoms with Crippen LogP contribution in [0.1, 0.15) is 0 Å². The number of carbonyl (C=O) groups excluding carboxylic acids is 1. The van der Waals surface area contributed by atoms with Gasteiger partial charge in [-0.1, -0.05) is 0 Å². The molecule has 0 aromatic rings. The molecule has 86 valence electrons. The average Bonchev–Trinajstić information content (AvgIpc) is 2.67. The highest BCUT2D eigenvalue weighted by Crippen LogP contribution is 2.22. The van der Waals surface area contributed by atoms with E-state index in [0.29, 0.717) is 11.6 Å². The van der Waals surface area contributed by atoms with Crippen LogP contribution >= 0.6 is 11.8 Å². The molecule has 1 unspecified atom stereocenters. The van der Waals surface area contributed by atoms with Crippen LogP contribution in [0.25, 0.3) is 0 Å². The fraction of sp³-hybridized carbons (Fsp3) is 0.750. The Morgan fingerprint density at radius 2 is 2.40 bits per heavy atom. The molecule has 0 spiro atoms. The maximum Gasteiger partial charge on any atom is 0.327 e. The highest BCUT2D eigenvalue weighted by molar-refractivity contribution is 7.99. The molecule has 1 saturated heterocycles. The van der Waals surface area contributed by atoms with Gasteiger partial charge >= 0.3 is 5.97 Å². The lowest BCUT2D eigenvalue weighted by Crippen LogP contribution is -2.48. The van der Waals surface area contributed by atoms with Gasteiger partial charge in [0.25, 0.3) is 5.91 Å². The van der Waals surface area contributed by atoms with Gasteiger partial charge in [0.2, 0.25) is 0 Å². The van der Waals surface area contributed by atoms with Crippen LogP contribution in [-0.2, 0) is 14.3 Å². The second-order valence-corrected chi connectivity index (χ2v) is 4.12. The van der Waals surface area contributed by atoms with Crippen molar-refractivity contribution in [1.82, 2.24) is 4.90 Å². The number of methoxy groups -OCH3 is 1. The molecule has 0 bridgehead atoms. The number of nitrogens with zero attached hydrogens (tertiary/aromatic N) is 1. The molecule has 15 heavy (non-hydrogen) atoms. The topological polar surface area (TPSA) is 92.9 Å². The lowest BCUT2D eigenvalue weighted by molar-refractivity contribution is -0.152. The number of hydrogen-bond donors (Lipinski definition) is 2. The third kappa shape index (κ3) is 2.61. The number of aliphatic carboxylic acids is 1. The first-order valence-corrected chi connectivity index (χ1v) is 5.61. The monoisotopic (exact) mass is 234 g/mol. The zero-order valence-corrected chi connectivity index (χ0v) is 9.20. The van der Waals surface area contributed by atoms with Crippen molar-refractivity contribution in [2.24, 2.45) is 5.73 Å². The molecule has 1 rings (SSSR count). The quantitative estimate of drug-likeness (QED) is 0.644. The molecule has 6 nitrogen and oxygen atoms in total. The van der Waals surface area contributed by atoms with E-state index in [1.165, 1.54) is 23.8 Å². The SMILES string of the molecule is COC(CN)C(=O)N1CSC[C@H]1C(=O)O. The van der Waals surface area contributed by atoms with Gasteiger partial charge in [-0.2, -0.15) is 0 Å². The average molecular weight is 234 g/mol. The number of nitrogens with two attached hydrogens (primary N) is 1. The molecular weight excluding hydrogens is 220 g/mol. The molecule has 0 aliphatic carbocycles. The van der Waals surface area contributed by atoms with Crippen molar-refractivity contribution >= 4 is 23.6 Å². The van der Waals surface area contributed by atoms with Gasteiger partial charge in [-0.25, -0.2) is 4.79 Å². The van der Waals surface area contributed by atoms with E-state index in [-0.39, 0.29) is 12.5 Å². The Hall–Kier alpha value is -0.790. The number of rotatable bonds is 4. The number of carbonyl (C=O) groups is 2. The van der Waals surface area contributed by atoms with E-state index >= 15 is 0 Å². The van der Waals surface area contributed by atoms with E-state index in [1.54, 1.807) is 0 Å². The summed E-state index contributed by atoms with van der Waals surface area (Å²) >= 11 is 1.41. The van der Waals surface area contributed by atoms with Crippen molar-refractivity contribution in [1.29, 1.82) is 0 Å². The Morgan fingerprint density at radius 3 is 2.87 bits per heavy atom. The van der Waals surface area contributed by atoms with Gasteiger partial charge in [0.05, 0.1) is 5.88 Å². The molecule has 3 N–H and O–H groups in total. The lowest BCUT2D eigenvalue weighted by atomic mass is 10.2. The maximum atomic E-state index is 11.8. The van der Waals surface area contributed by atoms with E-state index < -0.39 is 18.1 Å². The highest BCUT2D eigenvalue weighted by atomic mass is 32.2. The van der Waals surface area contributed by atoms with Gasteiger partial charge in [0, 0.05) is 19.4 Å². The Morgan fingerprint density at radius 1 is 1.73 bits per heavy atom. The summed E-state index contributed by atoms with van der Waals surface area (Å²) in [4.78, 5) is 23.9. The van der Waals surface area contributed by atoms with Crippen molar-refractivity contribution in [2.75, 3.05) is 25.3 Å². The molecule has 1 aliphatic rings.